The number of carboxylic acid groups (broad SMARTS) is 1. The van der Waals surface area contributed by atoms with Crippen LogP contribution in [0.3, 0.4) is 0 Å². The number of carbonyl (C=O) groups is 2. The molecule has 2 aromatic rings. The monoisotopic (exact) mass is 310 g/mol. The first-order chi connectivity index (χ1) is 11.1. The molecule has 0 aliphatic carbocycles. The average Bonchev–Trinajstić information content (AvgIpc) is 2.58. The van der Waals surface area contributed by atoms with Gasteiger partial charge in [-0.2, -0.15) is 0 Å². The second kappa shape index (κ2) is 8.28. The Balaban J connectivity index is 2.23. The zero-order valence-electron chi connectivity index (χ0n) is 13.4. The fraction of sp³-hybridized carbons (Fsp3) is 0.300. The summed E-state index contributed by atoms with van der Waals surface area (Å²) in [6.07, 6.45) is 3.56. The van der Waals surface area contributed by atoms with Crippen LogP contribution in [0.1, 0.15) is 60.0 Å². The molecule has 0 bridgehead atoms. The maximum Gasteiger partial charge on any atom is 0.310 e. The summed E-state index contributed by atoms with van der Waals surface area (Å²) in [5, 5.41) is 9.49. The van der Waals surface area contributed by atoms with E-state index in [4.69, 9.17) is 0 Å². The number of carbonyl (C=O) groups excluding carboxylic acids is 1. The lowest BCUT2D eigenvalue weighted by atomic mass is 9.91. The molecule has 3 heteroatoms. The first-order valence-corrected chi connectivity index (χ1v) is 8.06. The fourth-order valence-electron chi connectivity index (χ4n) is 2.68. The molecule has 23 heavy (non-hydrogen) atoms. The van der Waals surface area contributed by atoms with Crippen molar-refractivity contribution >= 4 is 11.8 Å². The fourth-order valence-corrected chi connectivity index (χ4v) is 2.68. The van der Waals surface area contributed by atoms with Gasteiger partial charge in [-0.1, -0.05) is 74.7 Å². The molecule has 2 rings (SSSR count). The van der Waals surface area contributed by atoms with Gasteiger partial charge in [-0.05, 0) is 18.1 Å². The van der Waals surface area contributed by atoms with Crippen molar-refractivity contribution in [2.75, 3.05) is 0 Å². The molecule has 1 atom stereocenters. The van der Waals surface area contributed by atoms with Gasteiger partial charge in [0.1, 0.15) is 0 Å². The highest BCUT2D eigenvalue weighted by Gasteiger charge is 2.20. The topological polar surface area (TPSA) is 54.4 Å². The van der Waals surface area contributed by atoms with Crippen LogP contribution in [-0.2, 0) is 4.79 Å². The first-order valence-electron chi connectivity index (χ1n) is 8.06. The third-order valence-electron chi connectivity index (χ3n) is 3.98. The van der Waals surface area contributed by atoms with Crippen molar-refractivity contribution in [3.05, 3.63) is 71.3 Å². The number of hydrogen-bond donors (Lipinski definition) is 1. The number of ketones is 1. The quantitative estimate of drug-likeness (QED) is 0.569. The highest BCUT2D eigenvalue weighted by atomic mass is 16.4. The molecular formula is C20H22O3. The zero-order valence-corrected chi connectivity index (χ0v) is 13.4. The van der Waals surface area contributed by atoms with Gasteiger partial charge in [0.25, 0.3) is 0 Å². The van der Waals surface area contributed by atoms with Crippen LogP contribution in [0.4, 0.5) is 0 Å². The number of rotatable bonds is 8. The molecule has 1 N–H and O–H groups in total. The van der Waals surface area contributed by atoms with E-state index in [1.54, 1.807) is 36.4 Å². The molecular weight excluding hydrogens is 288 g/mol. The predicted octanol–water partition coefficient (Wildman–Crippen LogP) is 4.67. The van der Waals surface area contributed by atoms with E-state index in [0.717, 1.165) is 19.3 Å². The van der Waals surface area contributed by atoms with Gasteiger partial charge in [0.15, 0.2) is 5.78 Å². The van der Waals surface area contributed by atoms with E-state index in [1.807, 2.05) is 18.2 Å². The maximum atomic E-state index is 12.5. The van der Waals surface area contributed by atoms with Crippen LogP contribution in [0.2, 0.25) is 0 Å². The lowest BCUT2D eigenvalue weighted by molar-refractivity contribution is -0.139. The van der Waals surface area contributed by atoms with E-state index in [-0.39, 0.29) is 5.78 Å². The van der Waals surface area contributed by atoms with E-state index in [0.29, 0.717) is 23.1 Å². The van der Waals surface area contributed by atoms with Crippen molar-refractivity contribution in [1.82, 2.24) is 0 Å². The van der Waals surface area contributed by atoms with E-state index in [2.05, 4.69) is 6.92 Å². The van der Waals surface area contributed by atoms with Crippen LogP contribution in [0.25, 0.3) is 0 Å². The Kier molecular flexibility index (Phi) is 6.10. The normalized spacial score (nSPS) is 11.9. The van der Waals surface area contributed by atoms with Crippen molar-refractivity contribution in [3.63, 3.8) is 0 Å². The standard InChI is InChI=1S/C20H22O3/c1-2-3-5-13-18(20(22)23)16-11-8-12-17(14-16)19(21)15-9-6-4-7-10-15/h4,6-12,14,18H,2-3,5,13H2,1H3,(H,22,23). The number of aliphatic carboxylic acids is 1. The molecule has 1 unspecified atom stereocenters. The second-order valence-corrected chi connectivity index (χ2v) is 5.71. The van der Waals surface area contributed by atoms with Gasteiger partial charge < -0.3 is 5.11 Å². The van der Waals surface area contributed by atoms with Crippen LogP contribution < -0.4 is 0 Å². The van der Waals surface area contributed by atoms with Crippen LogP contribution in [-0.4, -0.2) is 16.9 Å². The molecule has 0 aliphatic rings. The summed E-state index contributed by atoms with van der Waals surface area (Å²) in [6, 6.07) is 16.1. The summed E-state index contributed by atoms with van der Waals surface area (Å²) < 4.78 is 0. The van der Waals surface area contributed by atoms with Crippen LogP contribution in [0, 0.1) is 0 Å². The van der Waals surface area contributed by atoms with Crippen molar-refractivity contribution in [2.45, 2.75) is 38.5 Å². The predicted molar refractivity (Wildman–Crippen MR) is 90.8 cm³/mol. The molecule has 0 aliphatic heterocycles. The van der Waals surface area contributed by atoms with E-state index in [9.17, 15) is 14.7 Å². The van der Waals surface area contributed by atoms with Gasteiger partial charge in [-0.25, -0.2) is 0 Å². The molecule has 0 fully saturated rings. The molecule has 0 amide bonds. The minimum atomic E-state index is -0.828. The largest absolute Gasteiger partial charge is 0.481 e. The average molecular weight is 310 g/mol. The van der Waals surface area contributed by atoms with Gasteiger partial charge in [0, 0.05) is 11.1 Å². The lowest BCUT2D eigenvalue weighted by Crippen LogP contribution is -2.12. The summed E-state index contributed by atoms with van der Waals surface area (Å²) in [7, 11) is 0. The van der Waals surface area contributed by atoms with Gasteiger partial charge in [-0.15, -0.1) is 0 Å². The third-order valence-corrected chi connectivity index (χ3v) is 3.98. The molecule has 0 spiro atoms. The Morgan fingerprint density at radius 2 is 1.65 bits per heavy atom. The molecule has 3 nitrogen and oxygen atoms in total. The zero-order chi connectivity index (χ0) is 16.7. The van der Waals surface area contributed by atoms with Gasteiger partial charge >= 0.3 is 5.97 Å². The summed E-state index contributed by atoms with van der Waals surface area (Å²) in [5.74, 6) is -1.46. The second-order valence-electron chi connectivity index (χ2n) is 5.71. The van der Waals surface area contributed by atoms with Crippen molar-refractivity contribution in [3.8, 4) is 0 Å². The van der Waals surface area contributed by atoms with Crippen LogP contribution in [0.15, 0.2) is 54.6 Å². The SMILES string of the molecule is CCCCCC(C(=O)O)c1cccc(C(=O)c2ccccc2)c1. The van der Waals surface area contributed by atoms with E-state index < -0.39 is 11.9 Å². The number of carboxylic acids is 1. The number of hydrogen-bond acceptors (Lipinski definition) is 2. The Labute approximate surface area is 137 Å². The molecule has 0 saturated heterocycles. The minimum Gasteiger partial charge on any atom is -0.481 e. The summed E-state index contributed by atoms with van der Waals surface area (Å²) in [5.41, 5.74) is 1.85. The Bertz CT molecular complexity index is 662. The molecule has 0 saturated carbocycles. The molecule has 0 aromatic heterocycles. The van der Waals surface area contributed by atoms with Gasteiger partial charge in [-0.3, -0.25) is 9.59 Å². The maximum absolute atomic E-state index is 12.5. The molecule has 0 radical (unpaired) electrons. The lowest BCUT2D eigenvalue weighted by Gasteiger charge is -2.13. The summed E-state index contributed by atoms with van der Waals surface area (Å²) >= 11 is 0. The molecule has 120 valence electrons. The number of benzene rings is 2. The van der Waals surface area contributed by atoms with Gasteiger partial charge in [0.2, 0.25) is 0 Å². The Morgan fingerprint density at radius 1 is 0.957 bits per heavy atom. The number of unbranched alkanes of at least 4 members (excludes halogenated alkanes) is 2. The summed E-state index contributed by atoms with van der Waals surface area (Å²) in [6.45, 7) is 2.09. The van der Waals surface area contributed by atoms with Crippen LogP contribution >= 0.6 is 0 Å². The van der Waals surface area contributed by atoms with Crippen molar-refractivity contribution < 1.29 is 14.7 Å². The molecule has 2 aromatic carbocycles. The minimum absolute atomic E-state index is 0.0786. The highest BCUT2D eigenvalue weighted by Crippen LogP contribution is 2.24. The van der Waals surface area contributed by atoms with E-state index in [1.165, 1.54) is 0 Å². The molecule has 0 heterocycles. The van der Waals surface area contributed by atoms with Gasteiger partial charge in [0.05, 0.1) is 5.92 Å². The van der Waals surface area contributed by atoms with Crippen LogP contribution in [0.5, 0.6) is 0 Å². The van der Waals surface area contributed by atoms with Crippen molar-refractivity contribution in [2.24, 2.45) is 0 Å². The van der Waals surface area contributed by atoms with Crippen molar-refractivity contribution in [1.29, 1.82) is 0 Å². The third kappa shape index (κ3) is 4.52. The smallest absolute Gasteiger partial charge is 0.310 e. The van der Waals surface area contributed by atoms with E-state index >= 15 is 0 Å². The summed E-state index contributed by atoms with van der Waals surface area (Å²) in [4.78, 5) is 24.1. The first kappa shape index (κ1) is 16.9. The Morgan fingerprint density at radius 3 is 2.30 bits per heavy atom. The highest BCUT2D eigenvalue weighted by molar-refractivity contribution is 6.09. The Hall–Kier alpha value is -2.42.